The normalized spacial score (nSPS) is 12.4. The van der Waals surface area contributed by atoms with Gasteiger partial charge in [0.15, 0.2) is 0 Å². The number of nitrogens with two attached hydrogens (primary N) is 1. The molecule has 0 saturated heterocycles. The van der Waals surface area contributed by atoms with E-state index in [0.717, 1.165) is 23.7 Å². The van der Waals surface area contributed by atoms with Crippen molar-refractivity contribution in [1.82, 2.24) is 9.55 Å². The Morgan fingerprint density at radius 2 is 2.21 bits per heavy atom. The number of nitrogens with zero attached hydrogens (tertiary/aromatic N) is 2. The molecule has 102 valence electrons. The summed E-state index contributed by atoms with van der Waals surface area (Å²) in [4.78, 5) is 4.31. The van der Waals surface area contributed by atoms with Crippen LogP contribution in [0, 0.1) is 6.92 Å². The Morgan fingerprint density at radius 3 is 2.89 bits per heavy atom. The van der Waals surface area contributed by atoms with E-state index in [0.29, 0.717) is 6.61 Å². The Balaban J connectivity index is 2.17. The van der Waals surface area contributed by atoms with Gasteiger partial charge in [-0.15, -0.1) is 0 Å². The van der Waals surface area contributed by atoms with Crippen LogP contribution in [0.3, 0.4) is 0 Å². The fraction of sp³-hybridized carbons (Fsp3) is 0.400. The topological polar surface area (TPSA) is 53.1 Å². The van der Waals surface area contributed by atoms with Crippen molar-refractivity contribution >= 4 is 0 Å². The minimum atomic E-state index is -0.0403. The minimum absolute atomic E-state index is 0.0403. The average molecular weight is 259 g/mol. The van der Waals surface area contributed by atoms with E-state index in [1.165, 1.54) is 5.56 Å². The number of imidazole rings is 1. The van der Waals surface area contributed by atoms with Gasteiger partial charge in [0.05, 0.1) is 0 Å². The SMILES string of the molecule is CCn1ccnc1COc1cc(C)ccc1[C@@H](C)N. The molecule has 4 heteroatoms. The van der Waals surface area contributed by atoms with Crippen molar-refractivity contribution in [2.24, 2.45) is 5.73 Å². The van der Waals surface area contributed by atoms with Crippen LogP contribution in [0.1, 0.15) is 36.8 Å². The molecule has 0 saturated carbocycles. The molecule has 1 atom stereocenters. The van der Waals surface area contributed by atoms with Crippen LogP contribution in [-0.2, 0) is 13.2 Å². The van der Waals surface area contributed by atoms with Gasteiger partial charge in [-0.05, 0) is 32.4 Å². The molecule has 0 aliphatic heterocycles. The first-order valence-corrected chi connectivity index (χ1v) is 6.60. The zero-order valence-corrected chi connectivity index (χ0v) is 11.8. The van der Waals surface area contributed by atoms with E-state index < -0.39 is 0 Å². The van der Waals surface area contributed by atoms with Crippen LogP contribution in [0.25, 0.3) is 0 Å². The van der Waals surface area contributed by atoms with Crippen LogP contribution in [0.4, 0.5) is 0 Å². The lowest BCUT2D eigenvalue weighted by Gasteiger charge is -2.15. The Hall–Kier alpha value is -1.81. The number of ether oxygens (including phenoxy) is 1. The van der Waals surface area contributed by atoms with Crippen molar-refractivity contribution in [2.45, 2.75) is 40.0 Å². The standard InChI is InChI=1S/C15H21N3O/c1-4-18-8-7-17-15(18)10-19-14-9-11(2)5-6-13(14)12(3)16/h5-9,12H,4,10,16H2,1-3H3/t12-/m1/s1. The number of aryl methyl sites for hydroxylation is 2. The summed E-state index contributed by atoms with van der Waals surface area (Å²) in [5.74, 6) is 1.78. The summed E-state index contributed by atoms with van der Waals surface area (Å²) in [7, 11) is 0. The molecule has 2 aromatic rings. The Morgan fingerprint density at radius 1 is 1.42 bits per heavy atom. The van der Waals surface area contributed by atoms with Gasteiger partial charge in [-0.2, -0.15) is 0 Å². The van der Waals surface area contributed by atoms with Gasteiger partial charge in [0.2, 0.25) is 0 Å². The molecule has 1 aromatic carbocycles. The Bertz CT molecular complexity index is 546. The van der Waals surface area contributed by atoms with E-state index >= 15 is 0 Å². The van der Waals surface area contributed by atoms with Crippen molar-refractivity contribution < 1.29 is 4.74 Å². The quantitative estimate of drug-likeness (QED) is 0.898. The second-order valence-corrected chi connectivity index (χ2v) is 4.75. The second kappa shape index (κ2) is 5.89. The summed E-state index contributed by atoms with van der Waals surface area (Å²) in [5, 5.41) is 0. The fourth-order valence-corrected chi connectivity index (χ4v) is 2.05. The molecule has 0 aliphatic rings. The number of rotatable bonds is 5. The molecule has 0 unspecified atom stereocenters. The molecule has 1 heterocycles. The Labute approximate surface area is 114 Å². The lowest BCUT2D eigenvalue weighted by molar-refractivity contribution is 0.285. The maximum absolute atomic E-state index is 5.97. The summed E-state index contributed by atoms with van der Waals surface area (Å²) >= 11 is 0. The molecule has 0 radical (unpaired) electrons. The number of hydrogen-bond donors (Lipinski definition) is 1. The van der Waals surface area contributed by atoms with E-state index in [1.807, 2.05) is 32.2 Å². The molecule has 4 nitrogen and oxygen atoms in total. The highest BCUT2D eigenvalue weighted by molar-refractivity contribution is 5.38. The van der Waals surface area contributed by atoms with Gasteiger partial charge < -0.3 is 15.0 Å². The van der Waals surface area contributed by atoms with Gasteiger partial charge >= 0.3 is 0 Å². The van der Waals surface area contributed by atoms with Gasteiger partial charge in [-0.25, -0.2) is 4.98 Å². The summed E-state index contributed by atoms with van der Waals surface area (Å²) in [6.07, 6.45) is 3.76. The van der Waals surface area contributed by atoms with Crippen LogP contribution in [0.15, 0.2) is 30.6 Å². The van der Waals surface area contributed by atoms with E-state index in [-0.39, 0.29) is 6.04 Å². The average Bonchev–Trinajstić information content (AvgIpc) is 2.83. The van der Waals surface area contributed by atoms with Crippen LogP contribution in [-0.4, -0.2) is 9.55 Å². The number of aromatic nitrogens is 2. The van der Waals surface area contributed by atoms with E-state index in [9.17, 15) is 0 Å². The maximum atomic E-state index is 5.97. The zero-order valence-electron chi connectivity index (χ0n) is 11.8. The lowest BCUT2D eigenvalue weighted by Crippen LogP contribution is -2.10. The van der Waals surface area contributed by atoms with Crippen LogP contribution < -0.4 is 10.5 Å². The van der Waals surface area contributed by atoms with E-state index in [4.69, 9.17) is 10.5 Å². The summed E-state index contributed by atoms with van der Waals surface area (Å²) in [5.41, 5.74) is 8.16. The molecule has 0 fully saturated rings. The monoisotopic (exact) mass is 259 g/mol. The molecule has 0 aliphatic carbocycles. The fourth-order valence-electron chi connectivity index (χ4n) is 2.05. The lowest BCUT2D eigenvalue weighted by atomic mass is 10.1. The largest absolute Gasteiger partial charge is 0.485 e. The summed E-state index contributed by atoms with van der Waals surface area (Å²) in [6.45, 7) is 7.46. The Kier molecular flexibility index (Phi) is 4.22. The smallest absolute Gasteiger partial charge is 0.146 e. The summed E-state index contributed by atoms with van der Waals surface area (Å²) < 4.78 is 7.97. The van der Waals surface area contributed by atoms with Crippen molar-refractivity contribution in [3.05, 3.63) is 47.5 Å². The third-order valence-electron chi connectivity index (χ3n) is 3.16. The molecule has 2 N–H and O–H groups in total. The molecule has 19 heavy (non-hydrogen) atoms. The minimum Gasteiger partial charge on any atom is -0.485 e. The van der Waals surface area contributed by atoms with Gasteiger partial charge in [0.25, 0.3) is 0 Å². The molecule has 0 amide bonds. The third kappa shape index (κ3) is 3.15. The number of hydrogen-bond acceptors (Lipinski definition) is 3. The first-order valence-electron chi connectivity index (χ1n) is 6.60. The van der Waals surface area contributed by atoms with Gasteiger partial charge in [0.1, 0.15) is 18.2 Å². The first kappa shape index (κ1) is 13.6. The van der Waals surface area contributed by atoms with E-state index in [2.05, 4.69) is 22.5 Å². The molecule has 2 rings (SSSR count). The van der Waals surface area contributed by atoms with Crippen LogP contribution in [0.5, 0.6) is 5.75 Å². The third-order valence-corrected chi connectivity index (χ3v) is 3.16. The molecule has 1 aromatic heterocycles. The van der Waals surface area contributed by atoms with Crippen molar-refractivity contribution in [2.75, 3.05) is 0 Å². The van der Waals surface area contributed by atoms with Crippen molar-refractivity contribution in [3.8, 4) is 5.75 Å². The first-order chi connectivity index (χ1) is 9.11. The van der Waals surface area contributed by atoms with Crippen molar-refractivity contribution in [1.29, 1.82) is 0 Å². The molecular weight excluding hydrogens is 238 g/mol. The summed E-state index contributed by atoms with van der Waals surface area (Å²) in [6, 6.07) is 6.07. The van der Waals surface area contributed by atoms with Gasteiger partial charge in [-0.1, -0.05) is 12.1 Å². The van der Waals surface area contributed by atoms with Crippen LogP contribution in [0.2, 0.25) is 0 Å². The molecular formula is C15H21N3O. The highest BCUT2D eigenvalue weighted by Gasteiger charge is 2.10. The second-order valence-electron chi connectivity index (χ2n) is 4.75. The predicted octanol–water partition coefficient (Wildman–Crippen LogP) is 2.81. The zero-order chi connectivity index (χ0) is 13.8. The van der Waals surface area contributed by atoms with Gasteiger partial charge in [-0.3, -0.25) is 0 Å². The molecule has 0 bridgehead atoms. The highest BCUT2D eigenvalue weighted by Crippen LogP contribution is 2.25. The van der Waals surface area contributed by atoms with E-state index in [1.54, 1.807) is 6.20 Å². The maximum Gasteiger partial charge on any atom is 0.146 e. The number of benzene rings is 1. The van der Waals surface area contributed by atoms with Crippen molar-refractivity contribution in [3.63, 3.8) is 0 Å². The predicted molar refractivity (Wildman–Crippen MR) is 76.0 cm³/mol. The molecule has 0 spiro atoms. The van der Waals surface area contributed by atoms with Crippen LogP contribution >= 0.6 is 0 Å². The highest BCUT2D eigenvalue weighted by atomic mass is 16.5. The van der Waals surface area contributed by atoms with Gasteiger partial charge in [0, 0.05) is 30.5 Å².